The van der Waals surface area contributed by atoms with E-state index in [2.05, 4.69) is 5.10 Å². The first-order valence-corrected chi connectivity index (χ1v) is 6.89. The van der Waals surface area contributed by atoms with E-state index in [-0.39, 0.29) is 5.78 Å². The minimum absolute atomic E-state index is 0.0161. The van der Waals surface area contributed by atoms with Crippen molar-refractivity contribution < 1.29 is 9.53 Å². The lowest BCUT2D eigenvalue weighted by atomic mass is 10.2. The second-order valence-corrected chi connectivity index (χ2v) is 5.26. The maximum absolute atomic E-state index is 12.2. The second-order valence-electron chi connectivity index (χ2n) is 4.21. The molecular formula is C14H16N2O2S. The Kier molecular flexibility index (Phi) is 4.27. The van der Waals surface area contributed by atoms with Gasteiger partial charge in [0, 0.05) is 11.9 Å². The molecule has 0 bridgehead atoms. The van der Waals surface area contributed by atoms with E-state index in [0.717, 1.165) is 4.90 Å². The summed E-state index contributed by atoms with van der Waals surface area (Å²) in [6.45, 7) is 2.04. The molecule has 0 aliphatic heterocycles. The van der Waals surface area contributed by atoms with E-state index in [1.165, 1.54) is 17.3 Å². The van der Waals surface area contributed by atoms with E-state index in [4.69, 9.17) is 4.74 Å². The molecule has 5 heteroatoms. The van der Waals surface area contributed by atoms with Gasteiger partial charge in [0.2, 0.25) is 0 Å². The smallest absolute Gasteiger partial charge is 0.194 e. The van der Waals surface area contributed by atoms with Crippen molar-refractivity contribution in [1.29, 1.82) is 0 Å². The van der Waals surface area contributed by atoms with Gasteiger partial charge in [-0.15, -0.1) is 11.8 Å². The average Bonchev–Trinajstić information content (AvgIpc) is 2.79. The first-order valence-electron chi connectivity index (χ1n) is 5.90. The van der Waals surface area contributed by atoms with Gasteiger partial charge in [0.05, 0.1) is 19.1 Å². The van der Waals surface area contributed by atoms with Crippen molar-refractivity contribution in [1.82, 2.24) is 9.78 Å². The van der Waals surface area contributed by atoms with Crippen molar-refractivity contribution in [3.63, 3.8) is 0 Å². The number of thioether (sulfide) groups is 1. The summed E-state index contributed by atoms with van der Waals surface area (Å²) in [5, 5.41) is 4.04. The zero-order valence-electron chi connectivity index (χ0n) is 11.2. The molecule has 2 rings (SSSR count). The number of methoxy groups -OCH3 is 1. The van der Waals surface area contributed by atoms with Crippen LogP contribution < -0.4 is 4.74 Å². The highest BCUT2D eigenvalue weighted by Crippen LogP contribution is 2.23. The number of hydrogen-bond acceptors (Lipinski definition) is 4. The third-order valence-electron chi connectivity index (χ3n) is 2.78. The fourth-order valence-electron chi connectivity index (χ4n) is 1.74. The molecular weight excluding hydrogens is 260 g/mol. The maximum Gasteiger partial charge on any atom is 0.194 e. The van der Waals surface area contributed by atoms with Gasteiger partial charge in [0.1, 0.15) is 5.69 Å². The summed E-state index contributed by atoms with van der Waals surface area (Å²) in [6.07, 6.45) is 1.56. The van der Waals surface area contributed by atoms with E-state index in [1.807, 2.05) is 31.2 Å². The molecule has 100 valence electrons. The topological polar surface area (TPSA) is 44.1 Å². The number of carbonyl (C=O) groups is 1. The van der Waals surface area contributed by atoms with Gasteiger partial charge in [-0.2, -0.15) is 5.10 Å². The highest BCUT2D eigenvalue weighted by Gasteiger charge is 2.17. The first-order chi connectivity index (χ1) is 9.11. The van der Waals surface area contributed by atoms with Crippen LogP contribution in [-0.4, -0.2) is 28.4 Å². The lowest BCUT2D eigenvalue weighted by Gasteiger charge is -2.05. The van der Waals surface area contributed by atoms with Gasteiger partial charge in [-0.1, -0.05) is 17.7 Å². The zero-order chi connectivity index (χ0) is 13.8. The Labute approximate surface area is 116 Å². The van der Waals surface area contributed by atoms with Gasteiger partial charge in [-0.3, -0.25) is 9.48 Å². The van der Waals surface area contributed by atoms with Crippen molar-refractivity contribution in [3.05, 3.63) is 41.7 Å². The Hall–Kier alpha value is -1.75. The van der Waals surface area contributed by atoms with Gasteiger partial charge < -0.3 is 4.74 Å². The van der Waals surface area contributed by atoms with Crippen LogP contribution in [0.1, 0.15) is 16.1 Å². The molecule has 0 spiro atoms. The van der Waals surface area contributed by atoms with Gasteiger partial charge >= 0.3 is 0 Å². The van der Waals surface area contributed by atoms with Crippen LogP contribution >= 0.6 is 11.8 Å². The number of Topliss-reactive ketones (excluding diaryl/α,β-unsaturated/α-hetero) is 1. The van der Waals surface area contributed by atoms with Crippen molar-refractivity contribution in [3.8, 4) is 5.75 Å². The van der Waals surface area contributed by atoms with E-state index in [0.29, 0.717) is 17.2 Å². The summed E-state index contributed by atoms with van der Waals surface area (Å²) in [6, 6.07) is 8.12. The van der Waals surface area contributed by atoms with Gasteiger partial charge in [0.15, 0.2) is 11.5 Å². The summed E-state index contributed by atoms with van der Waals surface area (Å²) >= 11 is 1.52. The molecule has 1 heterocycles. The highest BCUT2D eigenvalue weighted by molar-refractivity contribution is 8.00. The largest absolute Gasteiger partial charge is 0.493 e. The summed E-state index contributed by atoms with van der Waals surface area (Å²) in [7, 11) is 3.28. The normalized spacial score (nSPS) is 10.5. The number of ether oxygens (including phenoxy) is 1. The van der Waals surface area contributed by atoms with Crippen molar-refractivity contribution >= 4 is 17.5 Å². The maximum atomic E-state index is 12.2. The molecule has 2 aromatic rings. The molecule has 0 N–H and O–H groups in total. The lowest BCUT2D eigenvalue weighted by Crippen LogP contribution is -2.10. The summed E-state index contributed by atoms with van der Waals surface area (Å²) in [5.41, 5.74) is 1.73. The van der Waals surface area contributed by atoms with E-state index >= 15 is 0 Å². The van der Waals surface area contributed by atoms with Crippen molar-refractivity contribution in [2.45, 2.75) is 11.8 Å². The summed E-state index contributed by atoms with van der Waals surface area (Å²) in [5.74, 6) is 0.915. The SMILES string of the molecule is COc1cnn(C)c1C(=O)CSc1ccc(C)cc1. The molecule has 0 unspecified atom stereocenters. The second kappa shape index (κ2) is 5.93. The van der Waals surface area contributed by atoms with Crippen LogP contribution in [0.3, 0.4) is 0 Å². The van der Waals surface area contributed by atoms with Crippen LogP contribution in [0.25, 0.3) is 0 Å². The molecule has 19 heavy (non-hydrogen) atoms. The molecule has 0 aliphatic rings. The van der Waals surface area contributed by atoms with E-state index in [1.54, 1.807) is 25.0 Å². The van der Waals surface area contributed by atoms with Gasteiger partial charge in [-0.05, 0) is 19.1 Å². The number of benzene rings is 1. The van der Waals surface area contributed by atoms with Crippen LogP contribution in [0.4, 0.5) is 0 Å². The van der Waals surface area contributed by atoms with Crippen molar-refractivity contribution in [2.24, 2.45) is 7.05 Å². The first kappa shape index (κ1) is 13.7. The molecule has 0 saturated carbocycles. The molecule has 1 aromatic carbocycles. The van der Waals surface area contributed by atoms with Gasteiger partial charge in [0.25, 0.3) is 0 Å². The van der Waals surface area contributed by atoms with Crippen LogP contribution in [0.5, 0.6) is 5.75 Å². The predicted octanol–water partition coefficient (Wildman–Crippen LogP) is 2.71. The monoisotopic (exact) mass is 276 g/mol. The molecule has 0 amide bonds. The molecule has 0 aliphatic carbocycles. The Morgan fingerprint density at radius 2 is 2.05 bits per heavy atom. The minimum atomic E-state index is 0.0161. The third kappa shape index (κ3) is 3.17. The molecule has 0 radical (unpaired) electrons. The number of hydrogen-bond donors (Lipinski definition) is 0. The third-order valence-corrected chi connectivity index (χ3v) is 3.79. The molecule has 4 nitrogen and oxygen atoms in total. The average molecular weight is 276 g/mol. The fraction of sp³-hybridized carbons (Fsp3) is 0.286. The molecule has 0 fully saturated rings. The Morgan fingerprint density at radius 3 is 2.68 bits per heavy atom. The fourth-order valence-corrected chi connectivity index (χ4v) is 2.50. The number of carbonyl (C=O) groups excluding carboxylic acids is 1. The number of aromatic nitrogens is 2. The number of ketones is 1. The number of aryl methyl sites for hydroxylation is 2. The van der Waals surface area contributed by atoms with Crippen LogP contribution in [0.15, 0.2) is 35.4 Å². The highest BCUT2D eigenvalue weighted by atomic mass is 32.2. The predicted molar refractivity (Wildman–Crippen MR) is 76.0 cm³/mol. The quantitative estimate of drug-likeness (QED) is 0.622. The Balaban J connectivity index is 2.05. The van der Waals surface area contributed by atoms with Crippen LogP contribution in [-0.2, 0) is 7.05 Å². The van der Waals surface area contributed by atoms with Crippen LogP contribution in [0.2, 0.25) is 0 Å². The van der Waals surface area contributed by atoms with Crippen molar-refractivity contribution in [2.75, 3.05) is 12.9 Å². The van der Waals surface area contributed by atoms with E-state index < -0.39 is 0 Å². The minimum Gasteiger partial charge on any atom is -0.493 e. The molecule has 1 aromatic heterocycles. The van der Waals surface area contributed by atoms with Gasteiger partial charge in [-0.25, -0.2) is 0 Å². The standard InChI is InChI=1S/C14H16N2O2S/c1-10-4-6-11(7-5-10)19-9-12(17)14-13(18-3)8-15-16(14)2/h4-8H,9H2,1-3H3. The summed E-state index contributed by atoms with van der Waals surface area (Å²) in [4.78, 5) is 13.3. The number of nitrogens with zero attached hydrogens (tertiary/aromatic N) is 2. The molecule has 0 atom stereocenters. The number of rotatable bonds is 5. The molecule has 0 saturated heterocycles. The zero-order valence-corrected chi connectivity index (χ0v) is 12.0. The Morgan fingerprint density at radius 1 is 1.37 bits per heavy atom. The van der Waals surface area contributed by atoms with E-state index in [9.17, 15) is 4.79 Å². The Bertz CT molecular complexity index is 576. The lowest BCUT2D eigenvalue weighted by molar-refractivity contribution is 0.101. The summed E-state index contributed by atoms with van der Waals surface area (Å²) < 4.78 is 6.69. The van der Waals surface area contributed by atoms with Crippen LogP contribution in [0, 0.1) is 6.92 Å².